The van der Waals surface area contributed by atoms with Crippen molar-refractivity contribution in [3.8, 4) is 56.3 Å². The highest BCUT2D eigenvalue weighted by Gasteiger charge is 2.30. The molecule has 0 aliphatic carbocycles. The number of hydrogen-bond acceptors (Lipinski definition) is 14. The van der Waals surface area contributed by atoms with Gasteiger partial charge in [-0.05, 0) is 62.1 Å². The number of primary amides is 2. The van der Waals surface area contributed by atoms with Crippen molar-refractivity contribution in [1.82, 2.24) is 9.97 Å². The van der Waals surface area contributed by atoms with Crippen molar-refractivity contribution in [1.29, 1.82) is 0 Å². The zero-order chi connectivity index (χ0) is 46.5. The third-order valence-electron chi connectivity index (χ3n) is 10.6. The molecule has 0 saturated heterocycles. The van der Waals surface area contributed by atoms with Gasteiger partial charge < -0.3 is 41.9 Å². The van der Waals surface area contributed by atoms with Crippen molar-refractivity contribution < 1.29 is 38.1 Å². The molecule has 4 heterocycles. The van der Waals surface area contributed by atoms with Crippen LogP contribution in [0, 0.1) is 0 Å². The van der Waals surface area contributed by atoms with Crippen LogP contribution in [0.4, 0.5) is 11.4 Å². The number of carbonyl (C=O) groups is 4. The summed E-state index contributed by atoms with van der Waals surface area (Å²) in [5, 5.41) is 0.887. The van der Waals surface area contributed by atoms with Gasteiger partial charge in [-0.1, -0.05) is 84.9 Å². The molecule has 14 nitrogen and oxygen atoms in total. The summed E-state index contributed by atoms with van der Waals surface area (Å²) in [6.45, 7) is 4.54. The van der Waals surface area contributed by atoms with Gasteiger partial charge in [0, 0.05) is 33.0 Å². The normalized spacial score (nSPS) is 11.1. The quantitative estimate of drug-likeness (QED) is 0.0494. The molecule has 2 amide bonds. The Labute approximate surface area is 387 Å². The first-order valence-corrected chi connectivity index (χ1v) is 22.7. The predicted octanol–water partition coefficient (Wildman–Crippen LogP) is 9.53. The number of thiophene rings is 2. The molecule has 0 bridgehead atoms. The Morgan fingerprint density at radius 3 is 1.21 bits per heavy atom. The van der Waals surface area contributed by atoms with Gasteiger partial charge in [0.15, 0.2) is 0 Å². The number of rotatable bonds is 17. The molecule has 0 aliphatic rings. The second-order valence-electron chi connectivity index (χ2n) is 14.8. The van der Waals surface area contributed by atoms with Gasteiger partial charge in [-0.3, -0.25) is 9.59 Å². The van der Waals surface area contributed by atoms with Crippen molar-refractivity contribution in [2.24, 2.45) is 11.5 Å². The number of ether oxygens (including phenoxy) is 4. The molecule has 16 heteroatoms. The molecule has 66 heavy (non-hydrogen) atoms. The number of aromatic nitrogens is 2. The lowest BCUT2D eigenvalue weighted by molar-refractivity contribution is 0.0518. The molecule has 0 fully saturated rings. The summed E-state index contributed by atoms with van der Waals surface area (Å²) < 4.78 is 23.3. The summed E-state index contributed by atoms with van der Waals surface area (Å²) in [5.74, 6) is -1.32. The van der Waals surface area contributed by atoms with Gasteiger partial charge in [0.25, 0.3) is 11.8 Å². The van der Waals surface area contributed by atoms with E-state index < -0.39 is 23.8 Å². The summed E-state index contributed by atoms with van der Waals surface area (Å²) in [6.07, 6.45) is 1.36. The van der Waals surface area contributed by atoms with Crippen LogP contribution in [-0.2, 0) is 9.47 Å². The third-order valence-corrected chi connectivity index (χ3v) is 12.8. The maximum absolute atomic E-state index is 13.7. The first-order valence-electron chi connectivity index (χ1n) is 21.0. The van der Waals surface area contributed by atoms with Crippen LogP contribution in [0.1, 0.15) is 66.7 Å². The lowest BCUT2D eigenvalue weighted by Gasteiger charge is -2.16. The standard InChI is InChI=1S/C50H44N6O8S2/c1-3-61-49(59)37-33(35-39(51)43(45(53)57)65-47(35)55-41(37)29-13-7-5-8-14-29)27-17-21-31(22-18-27)63-25-11-12-26-64-32-23-19-28(20-24-32)34-36-40(52)44(46(54)58)66-48(36)56-42(30-15-9-6-10-16-30)38(34)50(60)62-4-2/h5-10,13-24H,3-4,11-12,25-26,51-52H2,1-2H3,(H2,53,57)(H2,54,58). The largest absolute Gasteiger partial charge is 0.494 e. The molecular weight excluding hydrogens is 877 g/mol. The Bertz CT molecular complexity index is 2910. The Morgan fingerprint density at radius 2 is 0.879 bits per heavy atom. The number of nitrogen functional groups attached to an aromatic ring is 2. The molecule has 0 aliphatic heterocycles. The van der Waals surface area contributed by atoms with E-state index in [0.29, 0.717) is 103 Å². The number of pyridine rings is 2. The van der Waals surface area contributed by atoms with E-state index in [0.717, 1.165) is 22.7 Å². The zero-order valence-electron chi connectivity index (χ0n) is 35.9. The minimum atomic E-state index is -0.689. The van der Waals surface area contributed by atoms with Gasteiger partial charge in [0.1, 0.15) is 30.9 Å². The van der Waals surface area contributed by atoms with Gasteiger partial charge in [0.05, 0.1) is 60.3 Å². The molecule has 4 aromatic carbocycles. The monoisotopic (exact) mass is 920 g/mol. The number of fused-ring (bicyclic) bond motifs is 2. The number of anilines is 2. The Balaban J connectivity index is 0.979. The minimum Gasteiger partial charge on any atom is -0.494 e. The van der Waals surface area contributed by atoms with E-state index in [-0.39, 0.29) is 45.5 Å². The number of nitrogens with zero attached hydrogens (tertiary/aromatic N) is 2. The van der Waals surface area contributed by atoms with Crippen LogP contribution >= 0.6 is 22.7 Å². The molecule has 0 saturated carbocycles. The molecular formula is C50H44N6O8S2. The maximum atomic E-state index is 13.7. The maximum Gasteiger partial charge on any atom is 0.341 e. The van der Waals surface area contributed by atoms with Crippen molar-refractivity contribution in [2.45, 2.75) is 26.7 Å². The van der Waals surface area contributed by atoms with Gasteiger partial charge >= 0.3 is 11.9 Å². The highest BCUT2D eigenvalue weighted by Crippen LogP contribution is 2.46. The topological polar surface area (TPSA) is 235 Å². The zero-order valence-corrected chi connectivity index (χ0v) is 37.6. The van der Waals surface area contributed by atoms with E-state index in [2.05, 4.69) is 0 Å². The van der Waals surface area contributed by atoms with Crippen LogP contribution < -0.4 is 32.4 Å². The van der Waals surface area contributed by atoms with E-state index in [9.17, 15) is 19.2 Å². The Kier molecular flexibility index (Phi) is 13.2. The lowest BCUT2D eigenvalue weighted by Crippen LogP contribution is -2.12. The van der Waals surface area contributed by atoms with Crippen LogP contribution in [0.2, 0.25) is 0 Å². The Hall–Kier alpha value is -7.82. The van der Waals surface area contributed by atoms with Crippen molar-refractivity contribution in [3.05, 3.63) is 130 Å². The third kappa shape index (κ3) is 8.83. The summed E-state index contributed by atoms with van der Waals surface area (Å²) in [4.78, 5) is 63.1. The van der Waals surface area contributed by atoms with E-state index >= 15 is 0 Å². The summed E-state index contributed by atoms with van der Waals surface area (Å²) in [6, 6.07) is 33.1. The molecule has 0 atom stereocenters. The van der Waals surface area contributed by atoms with E-state index in [1.165, 1.54) is 0 Å². The number of nitrogens with two attached hydrogens (primary N) is 4. The van der Waals surface area contributed by atoms with E-state index in [1.807, 2.05) is 84.9 Å². The number of unbranched alkanes of at least 4 members (excludes halogenated alkanes) is 1. The van der Waals surface area contributed by atoms with Crippen LogP contribution in [0.3, 0.4) is 0 Å². The molecule has 334 valence electrons. The van der Waals surface area contributed by atoms with Gasteiger partial charge in [-0.15, -0.1) is 22.7 Å². The first-order chi connectivity index (χ1) is 32.0. The summed E-state index contributed by atoms with van der Waals surface area (Å²) >= 11 is 2.15. The van der Waals surface area contributed by atoms with Gasteiger partial charge in [-0.25, -0.2) is 19.6 Å². The number of carbonyl (C=O) groups excluding carboxylic acids is 4. The smallest absolute Gasteiger partial charge is 0.341 e. The number of hydrogen-bond donors (Lipinski definition) is 4. The molecule has 0 radical (unpaired) electrons. The number of amides is 2. The van der Waals surface area contributed by atoms with Crippen LogP contribution in [0.5, 0.6) is 11.5 Å². The molecule has 8 rings (SSSR count). The van der Waals surface area contributed by atoms with Crippen molar-refractivity contribution in [3.63, 3.8) is 0 Å². The van der Waals surface area contributed by atoms with Crippen LogP contribution in [-0.4, -0.2) is 60.1 Å². The average Bonchev–Trinajstić information content (AvgIpc) is 3.85. The molecule has 8 N–H and O–H groups in total. The fourth-order valence-electron chi connectivity index (χ4n) is 7.68. The highest BCUT2D eigenvalue weighted by molar-refractivity contribution is 7.21. The SMILES string of the molecule is CCOC(=O)c1c(-c2ccccc2)nc2sc(C(N)=O)c(N)c2c1-c1ccc(OCCCCOc2ccc(-c3c(C(=O)OCC)c(-c4ccccc4)nc4sc(C(N)=O)c(N)c34)cc2)cc1. The average molecular weight is 921 g/mol. The molecule has 4 aromatic heterocycles. The van der Waals surface area contributed by atoms with Crippen LogP contribution in [0.25, 0.3) is 65.2 Å². The van der Waals surface area contributed by atoms with E-state index in [4.69, 9.17) is 51.9 Å². The first kappa shape index (κ1) is 44.8. The number of benzene rings is 4. The van der Waals surface area contributed by atoms with Crippen molar-refractivity contribution in [2.75, 3.05) is 37.9 Å². The second kappa shape index (κ2) is 19.5. The Morgan fingerprint density at radius 1 is 0.515 bits per heavy atom. The van der Waals surface area contributed by atoms with Crippen LogP contribution in [0.15, 0.2) is 109 Å². The fourth-order valence-corrected chi connectivity index (χ4v) is 9.60. The second-order valence-corrected chi connectivity index (χ2v) is 16.8. The number of esters is 2. The van der Waals surface area contributed by atoms with Crippen molar-refractivity contribution >= 4 is 78.2 Å². The molecule has 0 unspecified atom stereocenters. The minimum absolute atomic E-state index is 0.137. The van der Waals surface area contributed by atoms with Gasteiger partial charge in [0.2, 0.25) is 0 Å². The predicted molar refractivity (Wildman–Crippen MR) is 259 cm³/mol. The fraction of sp³-hybridized carbons (Fsp3) is 0.160. The highest BCUT2D eigenvalue weighted by atomic mass is 32.1. The molecule has 0 spiro atoms. The van der Waals surface area contributed by atoms with E-state index in [1.54, 1.807) is 38.1 Å². The lowest BCUT2D eigenvalue weighted by atomic mass is 9.92. The summed E-state index contributed by atoms with van der Waals surface area (Å²) in [5.41, 5.74) is 29.6. The molecule has 8 aromatic rings. The van der Waals surface area contributed by atoms with Gasteiger partial charge in [-0.2, -0.15) is 0 Å². The summed E-state index contributed by atoms with van der Waals surface area (Å²) in [7, 11) is 0.